The average molecular weight is 423 g/mol. The first-order valence-corrected chi connectivity index (χ1v) is 9.76. The van der Waals surface area contributed by atoms with Gasteiger partial charge in [0.2, 0.25) is 5.91 Å². The van der Waals surface area contributed by atoms with E-state index in [0.29, 0.717) is 0 Å². The summed E-state index contributed by atoms with van der Waals surface area (Å²) in [6, 6.07) is 11.5. The quantitative estimate of drug-likeness (QED) is 0.617. The minimum Gasteiger partial charge on any atom is -0.325 e. The molecule has 1 N–H and O–H groups in total. The van der Waals surface area contributed by atoms with Crippen molar-refractivity contribution in [1.29, 1.82) is 0 Å². The summed E-state index contributed by atoms with van der Waals surface area (Å²) < 4.78 is 2.84. The molecular weight excluding hydrogens is 408 g/mol. The lowest BCUT2D eigenvalue weighted by Gasteiger charge is -2.11. The molecule has 24 heavy (non-hydrogen) atoms. The van der Waals surface area contributed by atoms with Crippen molar-refractivity contribution in [2.24, 2.45) is 7.05 Å². The zero-order valence-corrected chi connectivity index (χ0v) is 16.3. The average Bonchev–Trinajstić information content (AvgIpc) is 3.18. The number of anilines is 1. The van der Waals surface area contributed by atoms with E-state index >= 15 is 0 Å². The molecule has 0 spiro atoms. The molecule has 1 unspecified atom stereocenters. The molecule has 0 aliphatic heterocycles. The Kier molecular flexibility index (Phi) is 5.37. The minimum atomic E-state index is -0.289. The van der Waals surface area contributed by atoms with E-state index in [4.69, 9.17) is 0 Å². The number of amides is 1. The number of halogens is 1. The molecule has 0 saturated carbocycles. The lowest BCUT2D eigenvalue weighted by Crippen LogP contribution is -2.22. The number of carbonyl (C=O) groups excluding carboxylic acids is 1. The SMILES string of the molecule is CC(Sc1nnc(-c2cccs2)n1C)C(=O)Nc1cccc(Br)c1. The van der Waals surface area contributed by atoms with E-state index in [2.05, 4.69) is 31.4 Å². The van der Waals surface area contributed by atoms with Crippen molar-refractivity contribution < 1.29 is 4.79 Å². The second kappa shape index (κ2) is 7.50. The Hall–Kier alpha value is -1.64. The molecule has 124 valence electrons. The highest BCUT2D eigenvalue weighted by molar-refractivity contribution is 9.10. The number of thiophene rings is 1. The van der Waals surface area contributed by atoms with E-state index in [1.165, 1.54) is 11.8 Å². The van der Waals surface area contributed by atoms with Gasteiger partial charge in [-0.15, -0.1) is 21.5 Å². The fourth-order valence-electron chi connectivity index (χ4n) is 2.06. The van der Waals surface area contributed by atoms with Crippen molar-refractivity contribution >= 4 is 50.6 Å². The van der Waals surface area contributed by atoms with Crippen LogP contribution in [-0.2, 0) is 11.8 Å². The molecule has 1 atom stereocenters. The Morgan fingerprint density at radius 2 is 2.17 bits per heavy atom. The number of thioether (sulfide) groups is 1. The summed E-state index contributed by atoms with van der Waals surface area (Å²) in [4.78, 5) is 13.4. The zero-order chi connectivity index (χ0) is 17.1. The third-order valence-electron chi connectivity index (χ3n) is 3.32. The second-order valence-corrected chi connectivity index (χ2v) is 8.27. The van der Waals surface area contributed by atoms with E-state index in [0.717, 1.165) is 26.0 Å². The number of hydrogen-bond acceptors (Lipinski definition) is 5. The summed E-state index contributed by atoms with van der Waals surface area (Å²) in [5.74, 6) is 0.742. The van der Waals surface area contributed by atoms with Gasteiger partial charge in [-0.3, -0.25) is 4.79 Å². The van der Waals surface area contributed by atoms with E-state index in [1.807, 2.05) is 60.3 Å². The number of rotatable bonds is 5. The van der Waals surface area contributed by atoms with Gasteiger partial charge in [0.25, 0.3) is 0 Å². The van der Waals surface area contributed by atoms with Gasteiger partial charge in [0.1, 0.15) is 0 Å². The van der Waals surface area contributed by atoms with E-state index < -0.39 is 0 Å². The second-order valence-electron chi connectivity index (χ2n) is 5.10. The summed E-state index contributed by atoms with van der Waals surface area (Å²) in [6.45, 7) is 1.86. The molecule has 0 fully saturated rings. The van der Waals surface area contributed by atoms with Crippen LogP contribution in [0, 0.1) is 0 Å². The van der Waals surface area contributed by atoms with Gasteiger partial charge in [-0.1, -0.05) is 39.8 Å². The lowest BCUT2D eigenvalue weighted by atomic mass is 10.3. The zero-order valence-electron chi connectivity index (χ0n) is 13.1. The third-order valence-corrected chi connectivity index (χ3v) is 5.81. The van der Waals surface area contributed by atoms with E-state index in [9.17, 15) is 4.79 Å². The van der Waals surface area contributed by atoms with Gasteiger partial charge < -0.3 is 9.88 Å². The Morgan fingerprint density at radius 3 is 2.88 bits per heavy atom. The Labute approximate surface area is 156 Å². The summed E-state index contributed by atoms with van der Waals surface area (Å²) in [6.07, 6.45) is 0. The van der Waals surface area contributed by atoms with Crippen molar-refractivity contribution in [3.63, 3.8) is 0 Å². The maximum Gasteiger partial charge on any atom is 0.237 e. The van der Waals surface area contributed by atoms with Crippen LogP contribution in [0.4, 0.5) is 5.69 Å². The number of carbonyl (C=O) groups is 1. The molecule has 0 aliphatic carbocycles. The van der Waals surface area contributed by atoms with Gasteiger partial charge in [-0.25, -0.2) is 0 Å². The van der Waals surface area contributed by atoms with Crippen molar-refractivity contribution in [1.82, 2.24) is 14.8 Å². The first-order valence-electron chi connectivity index (χ1n) is 7.21. The van der Waals surface area contributed by atoms with Crippen molar-refractivity contribution in [3.05, 3.63) is 46.3 Å². The van der Waals surface area contributed by atoms with Crippen LogP contribution in [0.15, 0.2) is 51.4 Å². The van der Waals surface area contributed by atoms with Crippen molar-refractivity contribution in [2.45, 2.75) is 17.3 Å². The predicted molar refractivity (Wildman–Crippen MR) is 102 cm³/mol. The minimum absolute atomic E-state index is 0.0706. The Balaban J connectivity index is 1.68. The first-order chi connectivity index (χ1) is 11.5. The van der Waals surface area contributed by atoms with Crippen LogP contribution in [0.3, 0.4) is 0 Å². The molecule has 2 aromatic heterocycles. The van der Waals surface area contributed by atoms with Gasteiger partial charge in [0, 0.05) is 17.2 Å². The molecule has 5 nitrogen and oxygen atoms in total. The van der Waals surface area contributed by atoms with E-state index in [-0.39, 0.29) is 11.2 Å². The highest BCUT2D eigenvalue weighted by Gasteiger charge is 2.19. The first kappa shape index (κ1) is 17.2. The summed E-state index contributed by atoms with van der Waals surface area (Å²) >= 11 is 6.40. The molecule has 3 rings (SSSR count). The Morgan fingerprint density at radius 1 is 1.33 bits per heavy atom. The van der Waals surface area contributed by atoms with Crippen LogP contribution in [-0.4, -0.2) is 25.9 Å². The molecule has 0 radical (unpaired) electrons. The largest absolute Gasteiger partial charge is 0.325 e. The van der Waals surface area contributed by atoms with E-state index in [1.54, 1.807) is 11.3 Å². The standard InChI is InChI=1S/C16H15BrN4OS2/c1-10(15(22)18-12-6-3-5-11(17)9-12)24-16-20-19-14(21(16)2)13-7-4-8-23-13/h3-10H,1-2H3,(H,18,22). The summed E-state index contributed by atoms with van der Waals surface area (Å²) in [5, 5.41) is 13.8. The molecule has 0 aliphatic rings. The van der Waals surface area contributed by atoms with Gasteiger partial charge in [-0.05, 0) is 36.6 Å². The molecule has 0 saturated heterocycles. The monoisotopic (exact) mass is 422 g/mol. The predicted octanol–water partition coefficient (Wildman–Crippen LogP) is 4.43. The van der Waals surface area contributed by atoms with Crippen LogP contribution in [0.2, 0.25) is 0 Å². The Bertz CT molecular complexity index is 848. The fourth-order valence-corrected chi connectivity index (χ4v) is 4.02. The van der Waals surface area contributed by atoms with Crippen molar-refractivity contribution in [3.8, 4) is 10.7 Å². The number of nitrogens with one attached hydrogen (secondary N) is 1. The lowest BCUT2D eigenvalue weighted by molar-refractivity contribution is -0.115. The number of hydrogen-bond donors (Lipinski definition) is 1. The molecule has 1 aromatic carbocycles. The van der Waals surface area contributed by atoms with Crippen LogP contribution in [0.5, 0.6) is 0 Å². The molecule has 1 amide bonds. The van der Waals surface area contributed by atoms with Gasteiger partial charge in [0.15, 0.2) is 11.0 Å². The van der Waals surface area contributed by atoms with Gasteiger partial charge in [0.05, 0.1) is 10.1 Å². The molecule has 2 heterocycles. The maximum atomic E-state index is 12.4. The molecule has 3 aromatic rings. The van der Waals surface area contributed by atoms with Crippen LogP contribution >= 0.6 is 39.0 Å². The number of benzene rings is 1. The van der Waals surface area contributed by atoms with Crippen LogP contribution in [0.1, 0.15) is 6.92 Å². The summed E-state index contributed by atoms with van der Waals surface area (Å²) in [5.41, 5.74) is 0.763. The highest BCUT2D eigenvalue weighted by Crippen LogP contribution is 2.28. The van der Waals surface area contributed by atoms with Crippen LogP contribution in [0.25, 0.3) is 10.7 Å². The third kappa shape index (κ3) is 3.88. The summed E-state index contributed by atoms with van der Waals surface area (Å²) in [7, 11) is 1.91. The molecule has 8 heteroatoms. The van der Waals surface area contributed by atoms with Gasteiger partial charge >= 0.3 is 0 Å². The topological polar surface area (TPSA) is 59.8 Å². The van der Waals surface area contributed by atoms with Gasteiger partial charge in [-0.2, -0.15) is 0 Å². The van der Waals surface area contributed by atoms with Crippen LogP contribution < -0.4 is 5.32 Å². The highest BCUT2D eigenvalue weighted by atomic mass is 79.9. The smallest absolute Gasteiger partial charge is 0.237 e. The molecular formula is C16H15BrN4OS2. The molecule has 0 bridgehead atoms. The number of aromatic nitrogens is 3. The normalized spacial score (nSPS) is 12.1. The fraction of sp³-hybridized carbons (Fsp3) is 0.188. The maximum absolute atomic E-state index is 12.4. The number of nitrogens with zero attached hydrogens (tertiary/aromatic N) is 3. The van der Waals surface area contributed by atoms with Crippen molar-refractivity contribution in [2.75, 3.05) is 5.32 Å².